The van der Waals surface area contributed by atoms with Gasteiger partial charge < -0.3 is 24.6 Å². The number of anilines is 1. The molecule has 3 N–H and O–H groups in total. The normalized spacial score (nSPS) is 28.5. The maximum absolute atomic E-state index is 12.6. The number of amides is 2. The van der Waals surface area contributed by atoms with Gasteiger partial charge in [-0.1, -0.05) is 43.5 Å². The number of carbonyl (C=O) groups excluding carboxylic acids is 1. The van der Waals surface area contributed by atoms with E-state index in [0.717, 1.165) is 25.7 Å². The maximum Gasteiger partial charge on any atom is 0.320 e. The van der Waals surface area contributed by atoms with E-state index in [1.165, 1.54) is 23.9 Å². The molecule has 4 heterocycles. The quantitative estimate of drug-likeness (QED) is 0.492. The molecule has 1 unspecified atom stereocenters. The van der Waals surface area contributed by atoms with Crippen LogP contribution >= 0.6 is 0 Å². The first-order valence-corrected chi connectivity index (χ1v) is 13.1. The second-order valence-electron chi connectivity index (χ2n) is 10.4. The van der Waals surface area contributed by atoms with Crippen molar-refractivity contribution in [3.8, 4) is 0 Å². The molecule has 11 nitrogen and oxygen atoms in total. The van der Waals surface area contributed by atoms with E-state index in [-0.39, 0.29) is 18.7 Å². The van der Waals surface area contributed by atoms with Gasteiger partial charge in [-0.15, -0.1) is 0 Å². The summed E-state index contributed by atoms with van der Waals surface area (Å²) < 4.78 is 21.0. The molecular weight excluding hydrogens is 476 g/mol. The third-order valence-electron chi connectivity index (χ3n) is 8.01. The average Bonchev–Trinajstić information content (AvgIpc) is 3.66. The Morgan fingerprint density at radius 3 is 2.57 bits per heavy atom. The molecule has 194 valence electrons. The second-order valence-corrected chi connectivity index (χ2v) is 10.4. The summed E-state index contributed by atoms with van der Waals surface area (Å²) in [6, 6.07) is 8.12. The van der Waals surface area contributed by atoms with E-state index in [2.05, 4.69) is 37.7 Å². The molecule has 37 heavy (non-hydrogen) atoms. The Morgan fingerprint density at radius 1 is 1.05 bits per heavy atom. The Kier molecular flexibility index (Phi) is 5.61. The number of nitrogens with one attached hydrogen (secondary N) is 2. The number of benzene rings is 1. The number of nitrogens with zero attached hydrogens (tertiary/aromatic N) is 4. The molecule has 1 spiro atoms. The summed E-state index contributed by atoms with van der Waals surface area (Å²) in [4.78, 5) is 25.9. The summed E-state index contributed by atoms with van der Waals surface area (Å²) in [5.41, 5.74) is 3.38. The minimum absolute atomic E-state index is 0.177. The first-order valence-electron chi connectivity index (χ1n) is 13.1. The molecule has 0 radical (unpaired) electrons. The molecular formula is C26H30N6O5. The minimum Gasteiger partial charge on any atom is -0.394 e. The molecule has 3 fully saturated rings. The molecule has 2 aliphatic carbocycles. The van der Waals surface area contributed by atoms with Crippen molar-refractivity contribution in [2.75, 3.05) is 11.9 Å². The number of hydrogen-bond acceptors (Lipinski definition) is 8. The van der Waals surface area contributed by atoms with Crippen LogP contribution in [0.3, 0.4) is 0 Å². The number of aliphatic hydroxyl groups is 1. The van der Waals surface area contributed by atoms with Gasteiger partial charge in [-0.3, -0.25) is 9.88 Å². The number of fused-ring (bicyclic) bond motifs is 3. The van der Waals surface area contributed by atoms with Crippen molar-refractivity contribution in [1.82, 2.24) is 24.8 Å². The predicted octanol–water partition coefficient (Wildman–Crippen LogP) is 2.45. The van der Waals surface area contributed by atoms with Gasteiger partial charge in [0, 0.05) is 18.9 Å². The number of aliphatic hydroxyl groups excluding tert-OH is 1. The fourth-order valence-corrected chi connectivity index (χ4v) is 6.29. The van der Waals surface area contributed by atoms with Crippen LogP contribution in [0.1, 0.15) is 49.5 Å². The molecule has 7 rings (SSSR count). The van der Waals surface area contributed by atoms with Gasteiger partial charge in [0.2, 0.25) is 0 Å². The molecule has 2 aromatic heterocycles. The monoisotopic (exact) mass is 506 g/mol. The minimum atomic E-state index is -0.774. The van der Waals surface area contributed by atoms with Crippen LogP contribution in [0.5, 0.6) is 0 Å². The number of rotatable bonds is 4. The average molecular weight is 507 g/mol. The molecule has 2 saturated heterocycles. The third kappa shape index (κ3) is 3.97. The smallest absolute Gasteiger partial charge is 0.320 e. The fraction of sp³-hybridized carbons (Fsp3) is 0.538. The lowest BCUT2D eigenvalue weighted by Gasteiger charge is -2.27. The van der Waals surface area contributed by atoms with Crippen molar-refractivity contribution in [3.63, 3.8) is 0 Å². The van der Waals surface area contributed by atoms with E-state index in [4.69, 9.17) is 14.2 Å². The SMILES string of the molecule is O=C(Nc1ncnc2c1ncn2[C@@H]1O[C@H](CO)C2OC3(Cc4ccccc4C3)O[C@@H]21)NC1CCCCC1. The first kappa shape index (κ1) is 23.0. The van der Waals surface area contributed by atoms with Crippen molar-refractivity contribution >= 4 is 23.0 Å². The lowest BCUT2D eigenvalue weighted by Crippen LogP contribution is -2.39. The van der Waals surface area contributed by atoms with Crippen LogP contribution in [-0.4, -0.2) is 67.4 Å². The van der Waals surface area contributed by atoms with Crippen LogP contribution in [0.25, 0.3) is 11.2 Å². The zero-order valence-electron chi connectivity index (χ0n) is 20.4. The van der Waals surface area contributed by atoms with Gasteiger partial charge >= 0.3 is 6.03 Å². The summed E-state index contributed by atoms with van der Waals surface area (Å²) in [6.07, 6.45) is 7.74. The molecule has 11 heteroatoms. The first-order chi connectivity index (χ1) is 18.1. The Bertz CT molecular complexity index is 1300. The largest absolute Gasteiger partial charge is 0.394 e. The Labute approximate surface area is 213 Å². The van der Waals surface area contributed by atoms with Gasteiger partial charge in [0.25, 0.3) is 0 Å². The highest BCUT2D eigenvalue weighted by Crippen LogP contribution is 2.48. The molecule has 1 saturated carbocycles. The van der Waals surface area contributed by atoms with Crippen molar-refractivity contribution in [2.45, 2.75) is 81.3 Å². The van der Waals surface area contributed by atoms with Crippen LogP contribution < -0.4 is 10.6 Å². The molecule has 1 aromatic carbocycles. The number of urea groups is 1. The maximum atomic E-state index is 12.6. The van der Waals surface area contributed by atoms with Gasteiger partial charge in [0.05, 0.1) is 12.9 Å². The number of hydrogen-bond donors (Lipinski definition) is 3. The predicted molar refractivity (Wildman–Crippen MR) is 132 cm³/mol. The van der Waals surface area contributed by atoms with Gasteiger partial charge in [-0.25, -0.2) is 19.7 Å². The van der Waals surface area contributed by atoms with Crippen molar-refractivity contribution < 1.29 is 24.1 Å². The molecule has 4 atom stereocenters. The molecule has 2 aliphatic heterocycles. The topological polar surface area (TPSA) is 133 Å². The van der Waals surface area contributed by atoms with Crippen LogP contribution in [0.15, 0.2) is 36.9 Å². The molecule has 3 aromatic rings. The summed E-state index contributed by atoms with van der Waals surface area (Å²) in [6.45, 7) is -0.195. The van der Waals surface area contributed by atoms with Crippen LogP contribution in [0.4, 0.5) is 10.6 Å². The van der Waals surface area contributed by atoms with Crippen molar-refractivity contribution in [2.24, 2.45) is 0 Å². The van der Waals surface area contributed by atoms with Crippen molar-refractivity contribution in [1.29, 1.82) is 0 Å². The van der Waals surface area contributed by atoms with Crippen molar-refractivity contribution in [3.05, 3.63) is 48.0 Å². The van der Waals surface area contributed by atoms with Crippen LogP contribution in [-0.2, 0) is 27.1 Å². The molecule has 2 amide bonds. The fourth-order valence-electron chi connectivity index (χ4n) is 6.29. The summed E-state index contributed by atoms with van der Waals surface area (Å²) >= 11 is 0. The zero-order valence-corrected chi connectivity index (χ0v) is 20.4. The van der Waals surface area contributed by atoms with E-state index in [9.17, 15) is 9.90 Å². The number of ether oxygens (including phenoxy) is 3. The highest BCUT2D eigenvalue weighted by molar-refractivity contribution is 5.96. The Balaban J connectivity index is 1.13. The van der Waals surface area contributed by atoms with Gasteiger partial charge in [0.15, 0.2) is 29.0 Å². The number of aromatic nitrogens is 4. The van der Waals surface area contributed by atoms with Gasteiger partial charge in [-0.2, -0.15) is 0 Å². The van der Waals surface area contributed by atoms with Crippen LogP contribution in [0.2, 0.25) is 0 Å². The summed E-state index contributed by atoms with van der Waals surface area (Å²) in [5.74, 6) is -0.444. The van der Waals surface area contributed by atoms with E-state index in [1.807, 2.05) is 12.1 Å². The molecule has 0 bridgehead atoms. The van der Waals surface area contributed by atoms with E-state index in [0.29, 0.717) is 29.8 Å². The molecule has 4 aliphatic rings. The number of carbonyl (C=O) groups is 1. The zero-order chi connectivity index (χ0) is 25.0. The van der Waals surface area contributed by atoms with Crippen LogP contribution in [0, 0.1) is 0 Å². The highest BCUT2D eigenvalue weighted by atomic mass is 16.8. The highest BCUT2D eigenvalue weighted by Gasteiger charge is 2.60. The Hall–Kier alpha value is -3.12. The standard InChI is InChI=1S/C26H30N6O5/c33-12-18-20-21(37-26(36-20)10-15-6-4-5-7-16(15)11-26)24(35-18)32-14-29-19-22(27-13-28-23(19)32)31-25(34)30-17-8-2-1-3-9-17/h4-7,13-14,17-18,20-21,24,33H,1-3,8-12H2,(H2,27,28,30,31,34)/t18-,20?,21+,24-/m1/s1. The lowest BCUT2D eigenvalue weighted by molar-refractivity contribution is -0.213. The second kappa shape index (κ2) is 9.02. The lowest BCUT2D eigenvalue weighted by atomic mass is 9.96. The summed E-state index contributed by atoms with van der Waals surface area (Å²) in [5, 5.41) is 15.9. The Morgan fingerprint density at radius 2 is 1.81 bits per heavy atom. The third-order valence-corrected chi connectivity index (χ3v) is 8.01. The van der Waals surface area contributed by atoms with E-state index < -0.39 is 30.3 Å². The summed E-state index contributed by atoms with van der Waals surface area (Å²) in [7, 11) is 0. The van der Waals surface area contributed by atoms with E-state index >= 15 is 0 Å². The van der Waals surface area contributed by atoms with Gasteiger partial charge in [0.1, 0.15) is 24.6 Å². The van der Waals surface area contributed by atoms with E-state index in [1.54, 1.807) is 10.9 Å². The van der Waals surface area contributed by atoms with Gasteiger partial charge in [-0.05, 0) is 24.0 Å². The number of imidazole rings is 1.